The minimum Gasteiger partial charge on any atom is -0.497 e. The zero-order chi connectivity index (χ0) is 18.4. The number of hydrogen-bond acceptors (Lipinski definition) is 3. The third kappa shape index (κ3) is 4.85. The predicted octanol–water partition coefficient (Wildman–Crippen LogP) is 5.44. The molecular formula is C23H31NO2. The molecule has 1 fully saturated rings. The fourth-order valence-electron chi connectivity index (χ4n) is 4.12. The Hall–Kier alpha value is -1.87. The van der Waals surface area contributed by atoms with Gasteiger partial charge in [-0.25, -0.2) is 0 Å². The molecule has 0 saturated heterocycles. The molecule has 1 saturated carbocycles. The molecule has 1 N–H and O–H groups in total. The van der Waals surface area contributed by atoms with Crippen LogP contribution < -0.4 is 4.74 Å². The normalized spacial score (nSPS) is 17.2. The van der Waals surface area contributed by atoms with Crippen LogP contribution in [0.15, 0.2) is 42.6 Å². The van der Waals surface area contributed by atoms with Crippen LogP contribution in [-0.2, 0) is 6.42 Å². The van der Waals surface area contributed by atoms with E-state index in [1.54, 1.807) is 7.11 Å². The summed E-state index contributed by atoms with van der Waals surface area (Å²) in [5, 5.41) is 10.8. The van der Waals surface area contributed by atoms with Gasteiger partial charge in [0.25, 0.3) is 0 Å². The Balaban J connectivity index is 1.55. The largest absolute Gasteiger partial charge is 0.497 e. The van der Waals surface area contributed by atoms with Crippen molar-refractivity contribution in [3.8, 4) is 5.75 Å². The number of benzene rings is 1. The smallest absolute Gasteiger partial charge is 0.118 e. The Bertz CT molecular complexity index is 677. The lowest BCUT2D eigenvalue weighted by molar-refractivity contribution is 0.156. The lowest BCUT2D eigenvalue weighted by Gasteiger charge is -2.20. The van der Waals surface area contributed by atoms with Crippen molar-refractivity contribution in [1.29, 1.82) is 0 Å². The van der Waals surface area contributed by atoms with Gasteiger partial charge in [0.15, 0.2) is 0 Å². The van der Waals surface area contributed by atoms with Crippen LogP contribution in [0, 0.1) is 5.92 Å². The molecule has 3 nitrogen and oxygen atoms in total. The highest BCUT2D eigenvalue weighted by Gasteiger charge is 2.24. The number of nitrogens with zero attached hydrogens (tertiary/aromatic N) is 1. The third-order valence-corrected chi connectivity index (χ3v) is 5.65. The molecule has 0 amide bonds. The Kier molecular flexibility index (Phi) is 6.67. The number of ether oxygens (including phenoxy) is 1. The summed E-state index contributed by atoms with van der Waals surface area (Å²) in [5.41, 5.74) is 3.51. The van der Waals surface area contributed by atoms with Crippen LogP contribution in [-0.4, -0.2) is 17.2 Å². The molecule has 1 aliphatic carbocycles. The number of aliphatic hydroxyl groups excluding tert-OH is 1. The first-order chi connectivity index (χ1) is 12.7. The summed E-state index contributed by atoms with van der Waals surface area (Å²) in [4.78, 5) is 4.62. The molecule has 0 unspecified atom stereocenters. The molecule has 3 rings (SSSR count). The quantitative estimate of drug-likeness (QED) is 0.687. The Morgan fingerprint density at radius 3 is 2.54 bits per heavy atom. The van der Waals surface area contributed by atoms with Gasteiger partial charge in [0.05, 0.1) is 13.2 Å². The minimum absolute atomic E-state index is 0.405. The second-order valence-corrected chi connectivity index (χ2v) is 7.71. The minimum atomic E-state index is -0.405. The number of rotatable bonds is 8. The SMILES string of the molecule is COc1ccc(C[C@@H](C)CC[C@H](O)c2cccnc2C2CCCC2)cc1. The van der Waals surface area contributed by atoms with Gasteiger partial charge in [0.2, 0.25) is 0 Å². The van der Waals surface area contributed by atoms with Crippen molar-refractivity contribution in [3.05, 3.63) is 59.4 Å². The van der Waals surface area contributed by atoms with E-state index in [2.05, 4.69) is 30.1 Å². The fourth-order valence-corrected chi connectivity index (χ4v) is 4.12. The summed E-state index contributed by atoms with van der Waals surface area (Å²) in [5.74, 6) is 1.97. The van der Waals surface area contributed by atoms with E-state index in [1.807, 2.05) is 24.4 Å². The van der Waals surface area contributed by atoms with Crippen LogP contribution >= 0.6 is 0 Å². The number of pyridine rings is 1. The van der Waals surface area contributed by atoms with Gasteiger partial charge in [-0.2, -0.15) is 0 Å². The molecule has 1 aliphatic rings. The van der Waals surface area contributed by atoms with Crippen LogP contribution in [0.1, 0.15) is 74.3 Å². The molecule has 140 valence electrons. The predicted molar refractivity (Wildman–Crippen MR) is 106 cm³/mol. The molecule has 2 aromatic rings. The first kappa shape index (κ1) is 18.9. The van der Waals surface area contributed by atoms with Crippen molar-refractivity contribution in [1.82, 2.24) is 4.98 Å². The second kappa shape index (κ2) is 9.18. The van der Waals surface area contributed by atoms with Crippen molar-refractivity contribution in [3.63, 3.8) is 0 Å². The van der Waals surface area contributed by atoms with Gasteiger partial charge in [-0.15, -0.1) is 0 Å². The van der Waals surface area contributed by atoms with Crippen LogP contribution in [0.4, 0.5) is 0 Å². The Labute approximate surface area is 157 Å². The number of aliphatic hydroxyl groups is 1. The summed E-state index contributed by atoms with van der Waals surface area (Å²) >= 11 is 0. The maximum absolute atomic E-state index is 10.8. The summed E-state index contributed by atoms with van der Waals surface area (Å²) in [6, 6.07) is 12.3. The summed E-state index contributed by atoms with van der Waals surface area (Å²) in [6.07, 6.45) is 9.29. The Morgan fingerprint density at radius 1 is 1.12 bits per heavy atom. The molecule has 0 aliphatic heterocycles. The summed E-state index contributed by atoms with van der Waals surface area (Å²) < 4.78 is 5.22. The van der Waals surface area contributed by atoms with Crippen molar-refractivity contribution in [2.75, 3.05) is 7.11 Å². The molecule has 0 radical (unpaired) electrons. The van der Waals surface area contributed by atoms with Crippen molar-refractivity contribution >= 4 is 0 Å². The van der Waals surface area contributed by atoms with Crippen molar-refractivity contribution < 1.29 is 9.84 Å². The zero-order valence-corrected chi connectivity index (χ0v) is 16.0. The molecule has 26 heavy (non-hydrogen) atoms. The van der Waals surface area contributed by atoms with Gasteiger partial charge in [-0.1, -0.05) is 38.0 Å². The van der Waals surface area contributed by atoms with Gasteiger partial charge in [0, 0.05) is 23.4 Å². The number of hydrogen-bond donors (Lipinski definition) is 1. The fraction of sp³-hybridized carbons (Fsp3) is 0.522. The molecule has 1 heterocycles. The average molecular weight is 354 g/mol. The van der Waals surface area contributed by atoms with Gasteiger partial charge >= 0.3 is 0 Å². The van der Waals surface area contributed by atoms with Crippen LogP contribution in [0.5, 0.6) is 5.75 Å². The molecule has 1 aromatic carbocycles. The standard InChI is InChI=1S/C23H31NO2/c1-17(16-18-10-12-20(26-2)13-11-18)9-14-22(25)21-8-5-15-24-23(21)19-6-3-4-7-19/h5,8,10-13,15,17,19,22,25H,3-4,6-7,9,14,16H2,1-2H3/t17-,22-/m0/s1. The maximum Gasteiger partial charge on any atom is 0.118 e. The topological polar surface area (TPSA) is 42.4 Å². The average Bonchev–Trinajstić information content (AvgIpc) is 3.21. The first-order valence-electron chi connectivity index (χ1n) is 9.93. The molecule has 2 atom stereocenters. The van der Waals surface area contributed by atoms with E-state index in [1.165, 1.54) is 31.2 Å². The van der Waals surface area contributed by atoms with Gasteiger partial charge in [0.1, 0.15) is 5.75 Å². The van der Waals surface area contributed by atoms with Crippen LogP contribution in [0.3, 0.4) is 0 Å². The molecule has 0 spiro atoms. The van der Waals surface area contributed by atoms with E-state index >= 15 is 0 Å². The highest BCUT2D eigenvalue weighted by Crippen LogP contribution is 2.37. The Morgan fingerprint density at radius 2 is 1.85 bits per heavy atom. The molecule has 0 bridgehead atoms. The molecule has 3 heteroatoms. The van der Waals surface area contributed by atoms with Gasteiger partial charge in [-0.3, -0.25) is 4.98 Å². The van der Waals surface area contributed by atoms with E-state index in [9.17, 15) is 5.11 Å². The van der Waals surface area contributed by atoms with E-state index in [4.69, 9.17) is 4.74 Å². The van der Waals surface area contributed by atoms with E-state index in [-0.39, 0.29) is 0 Å². The monoisotopic (exact) mass is 353 g/mol. The van der Waals surface area contributed by atoms with E-state index in [0.29, 0.717) is 11.8 Å². The lowest BCUT2D eigenvalue weighted by Crippen LogP contribution is -2.09. The number of aromatic nitrogens is 1. The third-order valence-electron chi connectivity index (χ3n) is 5.65. The number of methoxy groups -OCH3 is 1. The van der Waals surface area contributed by atoms with Gasteiger partial charge in [-0.05, 0) is 61.8 Å². The molecular weight excluding hydrogens is 322 g/mol. The maximum atomic E-state index is 10.8. The highest BCUT2D eigenvalue weighted by atomic mass is 16.5. The van der Waals surface area contributed by atoms with Crippen LogP contribution in [0.2, 0.25) is 0 Å². The second-order valence-electron chi connectivity index (χ2n) is 7.71. The highest BCUT2D eigenvalue weighted by molar-refractivity contribution is 5.28. The van der Waals surface area contributed by atoms with E-state index < -0.39 is 6.10 Å². The zero-order valence-electron chi connectivity index (χ0n) is 16.0. The van der Waals surface area contributed by atoms with Crippen LogP contribution in [0.25, 0.3) is 0 Å². The first-order valence-corrected chi connectivity index (χ1v) is 9.93. The summed E-state index contributed by atoms with van der Waals surface area (Å²) in [7, 11) is 1.69. The van der Waals surface area contributed by atoms with E-state index in [0.717, 1.165) is 36.3 Å². The molecule has 1 aromatic heterocycles. The van der Waals surface area contributed by atoms with Crippen molar-refractivity contribution in [2.24, 2.45) is 5.92 Å². The van der Waals surface area contributed by atoms with Crippen molar-refractivity contribution in [2.45, 2.75) is 63.9 Å². The van der Waals surface area contributed by atoms with Gasteiger partial charge < -0.3 is 9.84 Å². The summed E-state index contributed by atoms with van der Waals surface area (Å²) in [6.45, 7) is 2.26. The lowest BCUT2D eigenvalue weighted by atomic mass is 9.90.